The number of benzene rings is 5. The highest BCUT2D eigenvalue weighted by Gasteiger charge is 2.38. The van der Waals surface area contributed by atoms with Gasteiger partial charge in [0.25, 0.3) is 5.91 Å². The molecule has 1 saturated heterocycles. The number of hydrogen-bond acceptors (Lipinski definition) is 7. The van der Waals surface area contributed by atoms with E-state index in [0.717, 1.165) is 49.9 Å². The zero-order chi connectivity index (χ0) is 34.7. The fourth-order valence-corrected chi connectivity index (χ4v) is 6.79. The van der Waals surface area contributed by atoms with Gasteiger partial charge in [-0.15, -0.1) is 0 Å². The molecule has 0 unspecified atom stereocenters. The van der Waals surface area contributed by atoms with Gasteiger partial charge in [0.15, 0.2) is 6.29 Å². The van der Waals surface area contributed by atoms with Gasteiger partial charge in [0.2, 0.25) is 0 Å². The molecule has 2 aromatic heterocycles. The summed E-state index contributed by atoms with van der Waals surface area (Å²) >= 11 is 0. The van der Waals surface area contributed by atoms with Gasteiger partial charge in [-0.1, -0.05) is 104 Å². The van der Waals surface area contributed by atoms with Crippen LogP contribution >= 0.6 is 0 Å². The minimum absolute atomic E-state index is 0.00952. The molecule has 1 aliphatic heterocycles. The lowest BCUT2D eigenvalue weighted by molar-refractivity contribution is -0.276. The fourth-order valence-electron chi connectivity index (χ4n) is 6.79. The third-order valence-electron chi connectivity index (χ3n) is 9.66. The number of carbonyl (C=O) groups is 1. The van der Waals surface area contributed by atoms with Gasteiger partial charge >= 0.3 is 0 Å². The molecule has 254 valence electrons. The SMILES string of the molecule is C[C@H]1[C@@H](Cn2cnc3ccccc32)O[C@@H](c2ccc(-c3ccccc3CNC(=O)c3cnc4ccccc4n3)cc2)O[C@H]1c1ccc(CO)cc1. The number of hydrogen-bond donors (Lipinski definition) is 2. The second-order valence-electron chi connectivity index (χ2n) is 12.9. The van der Waals surface area contributed by atoms with Gasteiger partial charge < -0.3 is 24.5 Å². The largest absolute Gasteiger partial charge is 0.392 e. The van der Waals surface area contributed by atoms with Crippen LogP contribution in [0, 0.1) is 5.92 Å². The summed E-state index contributed by atoms with van der Waals surface area (Å²) in [6.45, 7) is 3.11. The average molecular weight is 676 g/mol. The maximum absolute atomic E-state index is 13.0. The quantitative estimate of drug-likeness (QED) is 0.162. The van der Waals surface area contributed by atoms with Gasteiger partial charge in [0, 0.05) is 18.0 Å². The van der Waals surface area contributed by atoms with Crippen LogP contribution in [0.5, 0.6) is 0 Å². The lowest BCUT2D eigenvalue weighted by Crippen LogP contribution is -2.39. The fraction of sp³-hybridized carbons (Fsp3) is 0.190. The van der Waals surface area contributed by atoms with Crippen molar-refractivity contribution in [3.8, 4) is 11.1 Å². The summed E-state index contributed by atoms with van der Waals surface area (Å²) in [5, 5.41) is 12.6. The normalized spacial score (nSPS) is 18.9. The van der Waals surface area contributed by atoms with E-state index in [1.165, 1.54) is 6.20 Å². The molecular weight excluding hydrogens is 638 g/mol. The van der Waals surface area contributed by atoms with Crippen LogP contribution in [0.1, 0.15) is 52.1 Å². The van der Waals surface area contributed by atoms with E-state index in [9.17, 15) is 9.90 Å². The summed E-state index contributed by atoms with van der Waals surface area (Å²) in [5.74, 6) is -0.248. The summed E-state index contributed by atoms with van der Waals surface area (Å²) in [5.41, 5.74) is 9.51. The number of aliphatic hydroxyl groups excluding tert-OH is 1. The molecule has 0 spiro atoms. The number of aliphatic hydroxyl groups is 1. The Morgan fingerprint density at radius 2 is 1.49 bits per heavy atom. The Labute approximate surface area is 295 Å². The van der Waals surface area contributed by atoms with Crippen molar-refractivity contribution in [1.29, 1.82) is 0 Å². The molecule has 8 rings (SSSR count). The molecule has 51 heavy (non-hydrogen) atoms. The van der Waals surface area contributed by atoms with Gasteiger partial charge in [-0.3, -0.25) is 9.78 Å². The molecule has 2 N–H and O–H groups in total. The second-order valence-corrected chi connectivity index (χ2v) is 12.9. The first-order chi connectivity index (χ1) is 25.0. The summed E-state index contributed by atoms with van der Waals surface area (Å²) < 4.78 is 15.6. The lowest BCUT2D eigenvalue weighted by atomic mass is 9.90. The minimum Gasteiger partial charge on any atom is -0.392 e. The van der Waals surface area contributed by atoms with Gasteiger partial charge in [0.1, 0.15) is 5.69 Å². The Morgan fingerprint density at radius 1 is 0.784 bits per heavy atom. The van der Waals surface area contributed by atoms with E-state index < -0.39 is 6.29 Å². The van der Waals surface area contributed by atoms with Crippen molar-refractivity contribution in [3.05, 3.63) is 162 Å². The van der Waals surface area contributed by atoms with Crippen LogP contribution in [-0.2, 0) is 29.2 Å². The van der Waals surface area contributed by atoms with Crippen molar-refractivity contribution in [2.24, 2.45) is 5.92 Å². The van der Waals surface area contributed by atoms with E-state index in [4.69, 9.17) is 9.47 Å². The number of carbonyl (C=O) groups excluding carboxylic acids is 1. The molecule has 0 bridgehead atoms. The molecular formula is C42H37N5O4. The second kappa shape index (κ2) is 14.2. The topological polar surface area (TPSA) is 111 Å². The van der Waals surface area contributed by atoms with Crippen LogP contribution in [0.2, 0.25) is 0 Å². The monoisotopic (exact) mass is 675 g/mol. The first-order valence-corrected chi connectivity index (χ1v) is 17.1. The van der Waals surface area contributed by atoms with E-state index in [-0.39, 0.29) is 36.3 Å². The van der Waals surface area contributed by atoms with Gasteiger partial charge in [-0.25, -0.2) is 9.97 Å². The molecule has 1 fully saturated rings. The van der Waals surface area contributed by atoms with Crippen molar-refractivity contribution < 1.29 is 19.4 Å². The Hall–Kier alpha value is -5.74. The van der Waals surface area contributed by atoms with E-state index in [0.29, 0.717) is 18.6 Å². The predicted molar refractivity (Wildman–Crippen MR) is 195 cm³/mol. The maximum Gasteiger partial charge on any atom is 0.271 e. The first kappa shape index (κ1) is 32.5. The number of ether oxygens (including phenoxy) is 2. The third kappa shape index (κ3) is 6.74. The average Bonchev–Trinajstić information content (AvgIpc) is 3.60. The predicted octanol–water partition coefficient (Wildman–Crippen LogP) is 7.56. The molecule has 0 aliphatic carbocycles. The van der Waals surface area contributed by atoms with Crippen LogP contribution in [0.3, 0.4) is 0 Å². The molecule has 7 aromatic rings. The molecule has 0 saturated carbocycles. The molecule has 4 atom stereocenters. The van der Waals surface area contributed by atoms with Crippen LogP contribution in [0.15, 0.2) is 134 Å². The lowest BCUT2D eigenvalue weighted by Gasteiger charge is -2.41. The van der Waals surface area contributed by atoms with E-state index in [1.807, 2.05) is 103 Å². The highest BCUT2D eigenvalue weighted by molar-refractivity contribution is 5.93. The van der Waals surface area contributed by atoms with Crippen molar-refractivity contribution in [2.45, 2.75) is 45.1 Å². The third-order valence-corrected chi connectivity index (χ3v) is 9.66. The van der Waals surface area contributed by atoms with Crippen LogP contribution < -0.4 is 5.32 Å². The zero-order valence-corrected chi connectivity index (χ0v) is 28.1. The van der Waals surface area contributed by atoms with Crippen molar-refractivity contribution >= 4 is 28.0 Å². The van der Waals surface area contributed by atoms with E-state index >= 15 is 0 Å². The zero-order valence-electron chi connectivity index (χ0n) is 28.1. The minimum atomic E-state index is -0.602. The number of nitrogens with zero attached hydrogens (tertiary/aromatic N) is 4. The molecule has 0 radical (unpaired) electrons. The molecule has 9 nitrogen and oxygen atoms in total. The summed E-state index contributed by atoms with van der Waals surface area (Å²) in [6, 6.07) is 39.8. The first-order valence-electron chi connectivity index (χ1n) is 17.1. The highest BCUT2D eigenvalue weighted by atomic mass is 16.7. The number of fused-ring (bicyclic) bond motifs is 2. The van der Waals surface area contributed by atoms with E-state index in [2.05, 4.69) is 56.0 Å². The van der Waals surface area contributed by atoms with E-state index in [1.54, 1.807) is 0 Å². The van der Waals surface area contributed by atoms with Crippen LogP contribution in [0.25, 0.3) is 33.2 Å². The molecule has 5 aromatic carbocycles. The van der Waals surface area contributed by atoms with Gasteiger partial charge in [-0.05, 0) is 52.1 Å². The smallest absolute Gasteiger partial charge is 0.271 e. The maximum atomic E-state index is 13.0. The number of aromatic nitrogens is 4. The summed E-state index contributed by atoms with van der Waals surface area (Å²) in [7, 11) is 0. The summed E-state index contributed by atoms with van der Waals surface area (Å²) in [6.07, 6.45) is 2.39. The Balaban J connectivity index is 1.03. The van der Waals surface area contributed by atoms with Crippen LogP contribution in [0.4, 0.5) is 0 Å². The Morgan fingerprint density at radius 3 is 2.29 bits per heavy atom. The van der Waals surface area contributed by atoms with Crippen molar-refractivity contribution in [3.63, 3.8) is 0 Å². The number of imidazole rings is 1. The molecule has 3 heterocycles. The number of amides is 1. The molecule has 9 heteroatoms. The highest BCUT2D eigenvalue weighted by Crippen LogP contribution is 2.42. The molecule has 1 aliphatic rings. The van der Waals surface area contributed by atoms with Gasteiger partial charge in [-0.2, -0.15) is 0 Å². The standard InChI is InChI=1S/C42H37N5O4/c1-27-39(24-47-26-45-36-12-6-7-13-38(36)47)50-42(51-40(27)30-16-14-28(25-48)15-17-30)31-20-18-29(19-21-31)33-9-3-2-8-32(33)22-44-41(49)37-23-43-34-10-4-5-11-35(34)46-37/h2-21,23,26-27,39-40,42,48H,22,24-25H2,1H3,(H,44,49)/t27-,39+,40+,42+/m0/s1. The molecule has 1 amide bonds. The van der Waals surface area contributed by atoms with Crippen molar-refractivity contribution in [2.75, 3.05) is 0 Å². The van der Waals surface area contributed by atoms with Gasteiger partial charge in [0.05, 0.1) is 60.0 Å². The van der Waals surface area contributed by atoms with Crippen molar-refractivity contribution in [1.82, 2.24) is 24.8 Å². The summed E-state index contributed by atoms with van der Waals surface area (Å²) in [4.78, 5) is 26.5. The number of nitrogens with one attached hydrogen (secondary N) is 1. The number of para-hydroxylation sites is 4. The number of rotatable bonds is 9. The Bertz CT molecular complexity index is 2300. The van der Waals surface area contributed by atoms with Crippen LogP contribution in [-0.4, -0.2) is 36.6 Å². The Kier molecular flexibility index (Phi) is 9.07.